The number of aryl methyl sites for hydroxylation is 1. The van der Waals surface area contributed by atoms with Gasteiger partial charge in [-0.15, -0.1) is 0 Å². The Morgan fingerprint density at radius 3 is 2.50 bits per heavy atom. The number of nitrogens with one attached hydrogen (secondary N) is 1. The molecule has 0 aliphatic carbocycles. The number of rotatable bonds is 8. The monoisotopic (exact) mass is 221 g/mol. The average molecular weight is 221 g/mol. The number of anilines is 1. The minimum atomic E-state index is 0.811. The van der Waals surface area contributed by atoms with Crippen LogP contribution in [0, 0.1) is 0 Å². The van der Waals surface area contributed by atoms with Gasteiger partial charge in [-0.3, -0.25) is 0 Å². The van der Waals surface area contributed by atoms with Gasteiger partial charge in [0.05, 0.1) is 0 Å². The van der Waals surface area contributed by atoms with Crippen molar-refractivity contribution >= 4 is 5.69 Å². The van der Waals surface area contributed by atoms with Gasteiger partial charge in [0.25, 0.3) is 0 Å². The predicted octanol–water partition coefficient (Wildman–Crippen LogP) is 3.48. The molecule has 1 aromatic rings. The molecule has 2 nitrogen and oxygen atoms in total. The summed E-state index contributed by atoms with van der Waals surface area (Å²) in [5, 5.41) is 3.39. The average Bonchev–Trinajstić information content (AvgIpc) is 2.31. The van der Waals surface area contributed by atoms with Gasteiger partial charge < -0.3 is 10.1 Å². The van der Waals surface area contributed by atoms with Gasteiger partial charge in [-0.05, 0) is 37.5 Å². The van der Waals surface area contributed by atoms with Crippen LogP contribution >= 0.6 is 0 Å². The standard InChI is InChI=1S/C14H23NO/c1-3-6-13-7-9-14(10-8-13)15-11-5-12-16-4-2/h7-10,15H,3-6,11-12H2,1-2H3. The second kappa shape index (κ2) is 8.17. The van der Waals surface area contributed by atoms with E-state index in [1.807, 2.05) is 6.92 Å². The first-order valence-electron chi connectivity index (χ1n) is 6.27. The molecule has 0 spiro atoms. The van der Waals surface area contributed by atoms with Crippen LogP contribution in [0.3, 0.4) is 0 Å². The molecule has 90 valence electrons. The number of hydrogen-bond donors (Lipinski definition) is 1. The van der Waals surface area contributed by atoms with Crippen LogP contribution in [-0.4, -0.2) is 19.8 Å². The van der Waals surface area contributed by atoms with Crippen molar-refractivity contribution in [1.82, 2.24) is 0 Å². The molecule has 0 saturated carbocycles. The summed E-state index contributed by atoms with van der Waals surface area (Å²) in [5.41, 5.74) is 2.62. The third-order valence-corrected chi connectivity index (χ3v) is 2.49. The van der Waals surface area contributed by atoms with Crippen molar-refractivity contribution in [3.8, 4) is 0 Å². The third-order valence-electron chi connectivity index (χ3n) is 2.49. The molecule has 0 aromatic heterocycles. The van der Waals surface area contributed by atoms with E-state index in [4.69, 9.17) is 4.74 Å². The Bertz CT molecular complexity index is 269. The van der Waals surface area contributed by atoms with E-state index in [2.05, 4.69) is 36.5 Å². The van der Waals surface area contributed by atoms with E-state index in [1.165, 1.54) is 24.1 Å². The van der Waals surface area contributed by atoms with E-state index in [-0.39, 0.29) is 0 Å². The zero-order valence-corrected chi connectivity index (χ0v) is 10.5. The molecule has 1 N–H and O–H groups in total. The molecule has 0 saturated heterocycles. The van der Waals surface area contributed by atoms with Crippen molar-refractivity contribution in [3.05, 3.63) is 29.8 Å². The smallest absolute Gasteiger partial charge is 0.0482 e. The van der Waals surface area contributed by atoms with Crippen LogP contribution in [0.15, 0.2) is 24.3 Å². The quantitative estimate of drug-likeness (QED) is 0.679. The van der Waals surface area contributed by atoms with Gasteiger partial charge >= 0.3 is 0 Å². The van der Waals surface area contributed by atoms with Crippen LogP contribution in [0.4, 0.5) is 5.69 Å². The summed E-state index contributed by atoms with van der Waals surface area (Å²) in [4.78, 5) is 0. The molecule has 0 radical (unpaired) electrons. The van der Waals surface area contributed by atoms with Crippen LogP contribution in [0.2, 0.25) is 0 Å². The largest absolute Gasteiger partial charge is 0.385 e. The molecule has 0 aliphatic rings. The normalized spacial score (nSPS) is 10.4. The van der Waals surface area contributed by atoms with E-state index in [1.54, 1.807) is 0 Å². The first kappa shape index (κ1) is 13.0. The Kier molecular flexibility index (Phi) is 6.66. The third kappa shape index (κ3) is 5.17. The van der Waals surface area contributed by atoms with E-state index in [0.29, 0.717) is 0 Å². The lowest BCUT2D eigenvalue weighted by Crippen LogP contribution is -2.05. The highest BCUT2D eigenvalue weighted by Gasteiger charge is 1.93. The highest BCUT2D eigenvalue weighted by molar-refractivity contribution is 5.44. The maximum atomic E-state index is 5.28. The van der Waals surface area contributed by atoms with Crippen molar-refractivity contribution in [3.63, 3.8) is 0 Å². The summed E-state index contributed by atoms with van der Waals surface area (Å²) in [6, 6.07) is 8.72. The van der Waals surface area contributed by atoms with E-state index >= 15 is 0 Å². The molecule has 0 aliphatic heterocycles. The first-order chi connectivity index (χ1) is 7.86. The van der Waals surface area contributed by atoms with E-state index < -0.39 is 0 Å². The number of ether oxygens (including phenoxy) is 1. The van der Waals surface area contributed by atoms with Gasteiger partial charge in [-0.2, -0.15) is 0 Å². The molecule has 2 heteroatoms. The molecule has 1 aromatic carbocycles. The van der Waals surface area contributed by atoms with E-state index in [0.717, 1.165) is 26.2 Å². The Balaban J connectivity index is 2.21. The van der Waals surface area contributed by atoms with Crippen molar-refractivity contribution in [2.45, 2.75) is 33.1 Å². The fraction of sp³-hybridized carbons (Fsp3) is 0.571. The molecule has 0 bridgehead atoms. The van der Waals surface area contributed by atoms with Crippen molar-refractivity contribution < 1.29 is 4.74 Å². The van der Waals surface area contributed by atoms with Crippen LogP contribution in [-0.2, 0) is 11.2 Å². The lowest BCUT2D eigenvalue weighted by atomic mass is 10.1. The SMILES string of the molecule is CCCc1ccc(NCCCOCC)cc1. The lowest BCUT2D eigenvalue weighted by Gasteiger charge is -2.07. The molecule has 1 rings (SSSR count). The van der Waals surface area contributed by atoms with Gasteiger partial charge in [-0.1, -0.05) is 25.5 Å². The van der Waals surface area contributed by atoms with Gasteiger partial charge in [0.1, 0.15) is 0 Å². The van der Waals surface area contributed by atoms with Gasteiger partial charge in [0, 0.05) is 25.4 Å². The first-order valence-corrected chi connectivity index (χ1v) is 6.27. The molecule has 0 atom stereocenters. The highest BCUT2D eigenvalue weighted by Crippen LogP contribution is 2.10. The van der Waals surface area contributed by atoms with Crippen LogP contribution in [0.1, 0.15) is 32.3 Å². The molecule has 0 fully saturated rings. The minimum absolute atomic E-state index is 0.811. The van der Waals surface area contributed by atoms with Gasteiger partial charge in [-0.25, -0.2) is 0 Å². The number of hydrogen-bond acceptors (Lipinski definition) is 2. The fourth-order valence-electron chi connectivity index (χ4n) is 1.63. The predicted molar refractivity (Wildman–Crippen MR) is 70.0 cm³/mol. The summed E-state index contributed by atoms with van der Waals surface area (Å²) in [5.74, 6) is 0. The Morgan fingerprint density at radius 1 is 1.12 bits per heavy atom. The van der Waals surface area contributed by atoms with Crippen LogP contribution in [0.25, 0.3) is 0 Å². The van der Waals surface area contributed by atoms with Gasteiger partial charge in [0.15, 0.2) is 0 Å². The molecule has 0 heterocycles. The molecule has 16 heavy (non-hydrogen) atoms. The fourth-order valence-corrected chi connectivity index (χ4v) is 1.63. The Labute approximate surface area is 99.0 Å². The van der Waals surface area contributed by atoms with E-state index in [9.17, 15) is 0 Å². The summed E-state index contributed by atoms with van der Waals surface area (Å²) in [6.07, 6.45) is 3.44. The minimum Gasteiger partial charge on any atom is -0.385 e. The summed E-state index contributed by atoms with van der Waals surface area (Å²) in [6.45, 7) is 6.87. The Hall–Kier alpha value is -1.02. The number of benzene rings is 1. The summed E-state index contributed by atoms with van der Waals surface area (Å²) >= 11 is 0. The molecular weight excluding hydrogens is 198 g/mol. The maximum absolute atomic E-state index is 5.28. The summed E-state index contributed by atoms with van der Waals surface area (Å²) in [7, 11) is 0. The van der Waals surface area contributed by atoms with Gasteiger partial charge in [0.2, 0.25) is 0 Å². The topological polar surface area (TPSA) is 21.3 Å². The second-order valence-electron chi connectivity index (χ2n) is 3.92. The second-order valence-corrected chi connectivity index (χ2v) is 3.92. The zero-order chi connectivity index (χ0) is 11.6. The van der Waals surface area contributed by atoms with Crippen LogP contribution < -0.4 is 5.32 Å². The molecule has 0 unspecified atom stereocenters. The van der Waals surface area contributed by atoms with Crippen LogP contribution in [0.5, 0.6) is 0 Å². The lowest BCUT2D eigenvalue weighted by molar-refractivity contribution is 0.147. The maximum Gasteiger partial charge on any atom is 0.0482 e. The highest BCUT2D eigenvalue weighted by atomic mass is 16.5. The molecule has 0 amide bonds. The van der Waals surface area contributed by atoms with Crippen molar-refractivity contribution in [1.29, 1.82) is 0 Å². The zero-order valence-electron chi connectivity index (χ0n) is 10.5. The van der Waals surface area contributed by atoms with Crippen molar-refractivity contribution in [2.75, 3.05) is 25.1 Å². The van der Waals surface area contributed by atoms with Crippen molar-refractivity contribution in [2.24, 2.45) is 0 Å². The Morgan fingerprint density at radius 2 is 1.88 bits per heavy atom. The molecular formula is C14H23NO. The summed E-state index contributed by atoms with van der Waals surface area (Å²) < 4.78 is 5.28.